The maximum absolute atomic E-state index is 15.6. The van der Waals surface area contributed by atoms with Gasteiger partial charge in [-0.05, 0) is 45.9 Å². The number of hydrogen-bond acceptors (Lipinski definition) is 5. The summed E-state index contributed by atoms with van der Waals surface area (Å²) in [5, 5.41) is 2.59. The fourth-order valence-electron chi connectivity index (χ4n) is 3.34. The molecule has 31 heavy (non-hydrogen) atoms. The van der Waals surface area contributed by atoms with Gasteiger partial charge in [-0.15, -0.1) is 0 Å². The van der Waals surface area contributed by atoms with Gasteiger partial charge in [0.15, 0.2) is 0 Å². The molecular weight excluding hydrogens is 420 g/mol. The van der Waals surface area contributed by atoms with Crippen molar-refractivity contribution in [1.82, 2.24) is 4.90 Å². The summed E-state index contributed by atoms with van der Waals surface area (Å²) in [5.74, 6) is -0.801. The zero-order chi connectivity index (χ0) is 23.6. The highest BCUT2D eigenvalue weighted by atomic mass is 19.4. The van der Waals surface area contributed by atoms with Crippen molar-refractivity contribution < 1.29 is 36.6 Å². The molecule has 174 valence electrons. The van der Waals surface area contributed by atoms with Crippen LogP contribution < -0.4 is 5.32 Å². The van der Waals surface area contributed by atoms with Crippen LogP contribution in [0.1, 0.15) is 56.5 Å². The Bertz CT molecular complexity index is 813. The van der Waals surface area contributed by atoms with E-state index < -0.39 is 46.8 Å². The molecule has 2 rings (SSSR count). The molecule has 1 saturated heterocycles. The standard InChI is InChI=1S/C21H28F4N2O4/c1-13(20(22)8-10-27(11-9-20)18(29)31-19(2,3)4)26-16-12-14(17(28)30-5)6-7-15(16)21(23,24)25/h6-7,12-13,26H,8-11H2,1-5H3. The van der Waals surface area contributed by atoms with E-state index in [2.05, 4.69) is 10.1 Å². The molecule has 0 aliphatic carbocycles. The van der Waals surface area contributed by atoms with E-state index in [1.165, 1.54) is 11.8 Å². The van der Waals surface area contributed by atoms with E-state index in [-0.39, 0.29) is 31.5 Å². The predicted molar refractivity (Wildman–Crippen MR) is 107 cm³/mol. The second kappa shape index (κ2) is 8.92. The molecule has 1 aliphatic rings. The topological polar surface area (TPSA) is 67.9 Å². The fraction of sp³-hybridized carbons (Fsp3) is 0.619. The summed E-state index contributed by atoms with van der Waals surface area (Å²) in [6.45, 7) is 6.76. The minimum atomic E-state index is -4.69. The van der Waals surface area contributed by atoms with Crippen LogP contribution in [0.15, 0.2) is 18.2 Å². The SMILES string of the molecule is COC(=O)c1ccc(C(F)(F)F)c(NC(C)C2(F)CCN(C(=O)OC(C)(C)C)CC2)c1. The summed E-state index contributed by atoms with van der Waals surface area (Å²) >= 11 is 0. The number of piperidine rings is 1. The molecule has 1 fully saturated rings. The maximum atomic E-state index is 15.6. The molecule has 0 saturated carbocycles. The van der Waals surface area contributed by atoms with Gasteiger partial charge in [0.2, 0.25) is 0 Å². The van der Waals surface area contributed by atoms with Crippen LogP contribution in [0, 0.1) is 0 Å². The third kappa shape index (κ3) is 6.24. The summed E-state index contributed by atoms with van der Waals surface area (Å²) in [4.78, 5) is 25.3. The van der Waals surface area contributed by atoms with Crippen LogP contribution in [0.2, 0.25) is 0 Å². The Morgan fingerprint density at radius 2 is 1.74 bits per heavy atom. The first-order valence-corrected chi connectivity index (χ1v) is 9.89. The van der Waals surface area contributed by atoms with Crippen molar-refractivity contribution in [3.63, 3.8) is 0 Å². The molecule has 1 heterocycles. The van der Waals surface area contributed by atoms with Gasteiger partial charge in [0.1, 0.15) is 11.3 Å². The lowest BCUT2D eigenvalue weighted by Crippen LogP contribution is -2.52. The largest absolute Gasteiger partial charge is 0.465 e. The molecule has 0 radical (unpaired) electrons. The summed E-state index contributed by atoms with van der Waals surface area (Å²) < 4.78 is 65.7. The van der Waals surface area contributed by atoms with Crippen molar-refractivity contribution in [3.8, 4) is 0 Å². The van der Waals surface area contributed by atoms with Crippen molar-refractivity contribution in [1.29, 1.82) is 0 Å². The molecule has 1 aromatic carbocycles. The summed E-state index contributed by atoms with van der Waals surface area (Å²) in [6, 6.07) is 1.76. The van der Waals surface area contributed by atoms with Gasteiger partial charge in [-0.1, -0.05) is 0 Å². The number of nitrogens with one attached hydrogen (secondary N) is 1. The van der Waals surface area contributed by atoms with Crippen molar-refractivity contribution >= 4 is 17.7 Å². The lowest BCUT2D eigenvalue weighted by Gasteiger charge is -2.40. The summed E-state index contributed by atoms with van der Waals surface area (Å²) in [7, 11) is 1.12. The molecule has 1 unspecified atom stereocenters. The number of halogens is 4. The van der Waals surface area contributed by atoms with E-state index in [1.807, 2.05) is 0 Å². The van der Waals surface area contributed by atoms with Gasteiger partial charge in [0.25, 0.3) is 0 Å². The second-order valence-corrected chi connectivity index (χ2v) is 8.62. The minimum Gasteiger partial charge on any atom is -0.465 e. The highest BCUT2D eigenvalue weighted by molar-refractivity contribution is 5.90. The van der Waals surface area contributed by atoms with Crippen LogP contribution in [0.25, 0.3) is 0 Å². The number of alkyl halides is 4. The van der Waals surface area contributed by atoms with E-state index >= 15 is 4.39 Å². The quantitative estimate of drug-likeness (QED) is 0.517. The van der Waals surface area contributed by atoms with Gasteiger partial charge in [0, 0.05) is 31.6 Å². The number of methoxy groups -OCH3 is 1. The van der Waals surface area contributed by atoms with Crippen LogP contribution >= 0.6 is 0 Å². The first kappa shape index (κ1) is 24.7. The number of hydrogen-bond donors (Lipinski definition) is 1. The van der Waals surface area contributed by atoms with Gasteiger partial charge in [0.05, 0.1) is 24.3 Å². The number of nitrogens with zero attached hydrogens (tertiary/aromatic N) is 1. The molecule has 1 amide bonds. The molecular formula is C21H28F4N2O4. The molecule has 1 atom stereocenters. The maximum Gasteiger partial charge on any atom is 0.418 e. The Balaban J connectivity index is 2.16. The van der Waals surface area contributed by atoms with Crippen LogP contribution in [0.5, 0.6) is 0 Å². The second-order valence-electron chi connectivity index (χ2n) is 8.62. The predicted octanol–water partition coefficient (Wildman–Crippen LogP) is 5.03. The normalized spacial score (nSPS) is 17.6. The number of ether oxygens (including phenoxy) is 2. The number of amides is 1. The Morgan fingerprint density at radius 3 is 2.23 bits per heavy atom. The van der Waals surface area contributed by atoms with E-state index in [0.29, 0.717) is 0 Å². The van der Waals surface area contributed by atoms with Gasteiger partial charge >= 0.3 is 18.2 Å². The molecule has 10 heteroatoms. The van der Waals surface area contributed by atoms with E-state index in [9.17, 15) is 22.8 Å². The first-order chi connectivity index (χ1) is 14.2. The monoisotopic (exact) mass is 448 g/mol. The Hall–Kier alpha value is -2.52. The van der Waals surface area contributed by atoms with E-state index in [4.69, 9.17) is 4.74 Å². The minimum absolute atomic E-state index is 0.0710. The molecule has 0 aromatic heterocycles. The Labute approximate surface area is 178 Å². The highest BCUT2D eigenvalue weighted by Crippen LogP contribution is 2.38. The lowest BCUT2D eigenvalue weighted by atomic mass is 9.86. The number of anilines is 1. The average Bonchev–Trinajstić information content (AvgIpc) is 2.65. The Morgan fingerprint density at radius 1 is 1.16 bits per heavy atom. The summed E-state index contributed by atoms with van der Waals surface area (Å²) in [6.07, 6.45) is -5.39. The zero-order valence-corrected chi connectivity index (χ0v) is 18.2. The van der Waals surface area contributed by atoms with Crippen LogP contribution in [-0.2, 0) is 15.7 Å². The van der Waals surface area contributed by atoms with Crippen molar-refractivity contribution in [2.45, 2.75) is 64.0 Å². The van der Waals surface area contributed by atoms with E-state index in [1.54, 1.807) is 20.8 Å². The van der Waals surface area contributed by atoms with Crippen LogP contribution in [0.4, 0.5) is 28.0 Å². The van der Waals surface area contributed by atoms with Gasteiger partial charge < -0.3 is 19.7 Å². The molecule has 0 spiro atoms. The van der Waals surface area contributed by atoms with Gasteiger partial charge in [-0.3, -0.25) is 0 Å². The average molecular weight is 448 g/mol. The van der Waals surface area contributed by atoms with Crippen molar-refractivity contribution in [2.24, 2.45) is 0 Å². The zero-order valence-electron chi connectivity index (χ0n) is 18.2. The van der Waals surface area contributed by atoms with Crippen LogP contribution in [-0.4, -0.2) is 54.5 Å². The number of carbonyl (C=O) groups is 2. The highest BCUT2D eigenvalue weighted by Gasteiger charge is 2.43. The van der Waals surface area contributed by atoms with Gasteiger partial charge in [-0.2, -0.15) is 13.2 Å². The summed E-state index contributed by atoms with van der Waals surface area (Å²) in [5.41, 5.74) is -4.05. The number of carbonyl (C=O) groups excluding carboxylic acids is 2. The molecule has 6 nitrogen and oxygen atoms in total. The van der Waals surface area contributed by atoms with Crippen molar-refractivity contribution in [2.75, 3.05) is 25.5 Å². The Kier molecular flexibility index (Phi) is 7.12. The van der Waals surface area contributed by atoms with Crippen LogP contribution in [0.3, 0.4) is 0 Å². The fourth-order valence-corrected chi connectivity index (χ4v) is 3.34. The first-order valence-electron chi connectivity index (χ1n) is 9.89. The third-order valence-corrected chi connectivity index (χ3v) is 5.14. The number of benzene rings is 1. The molecule has 1 N–H and O–H groups in total. The van der Waals surface area contributed by atoms with Crippen molar-refractivity contribution in [3.05, 3.63) is 29.3 Å². The number of likely N-dealkylation sites (tertiary alicyclic amines) is 1. The molecule has 1 aromatic rings. The molecule has 0 bridgehead atoms. The smallest absolute Gasteiger partial charge is 0.418 e. The van der Waals surface area contributed by atoms with E-state index in [0.717, 1.165) is 25.3 Å². The third-order valence-electron chi connectivity index (χ3n) is 5.14. The van der Waals surface area contributed by atoms with Gasteiger partial charge in [-0.25, -0.2) is 14.0 Å². The number of rotatable bonds is 4. The molecule has 1 aliphatic heterocycles. The lowest BCUT2D eigenvalue weighted by molar-refractivity contribution is -0.137. The number of esters is 1.